The van der Waals surface area contributed by atoms with Gasteiger partial charge in [-0.15, -0.1) is 0 Å². The largest absolute Gasteiger partial charge is 0.476 e. The van der Waals surface area contributed by atoms with E-state index >= 15 is 0 Å². The highest BCUT2D eigenvalue weighted by atomic mass is 32.2. The summed E-state index contributed by atoms with van der Waals surface area (Å²) in [5.74, 6) is -2.37. The van der Waals surface area contributed by atoms with E-state index in [9.17, 15) is 22.0 Å². The molecule has 1 atom stereocenters. The first-order valence-electron chi connectivity index (χ1n) is 7.84. The maximum atomic E-state index is 13.7. The van der Waals surface area contributed by atoms with E-state index in [2.05, 4.69) is 5.32 Å². The minimum absolute atomic E-state index is 0.151. The summed E-state index contributed by atoms with van der Waals surface area (Å²) in [6.07, 6.45) is -1.18. The number of carbonyl (C=O) groups excluding carboxylic acids is 1. The zero-order valence-electron chi connectivity index (χ0n) is 13.8. The van der Waals surface area contributed by atoms with Gasteiger partial charge >= 0.3 is 0 Å². The molecular weight excluding hydrogens is 366 g/mol. The second-order valence-electron chi connectivity index (χ2n) is 5.62. The predicted molar refractivity (Wildman–Crippen MR) is 92.7 cm³/mol. The van der Waals surface area contributed by atoms with Gasteiger partial charge in [0.1, 0.15) is 17.4 Å². The van der Waals surface area contributed by atoms with Crippen LogP contribution in [-0.4, -0.2) is 32.7 Å². The van der Waals surface area contributed by atoms with Crippen molar-refractivity contribution in [3.63, 3.8) is 0 Å². The van der Waals surface area contributed by atoms with Gasteiger partial charge in [0.05, 0.1) is 23.7 Å². The van der Waals surface area contributed by atoms with E-state index < -0.39 is 33.7 Å². The SMILES string of the molecule is CCS(=O)(=O)N1CC(C(=O)Nc2ccc(F)cc2F)Oc2ccccc21. The predicted octanol–water partition coefficient (Wildman–Crippen LogP) is 2.52. The first-order chi connectivity index (χ1) is 12.3. The van der Waals surface area contributed by atoms with Gasteiger partial charge in [0.15, 0.2) is 6.10 Å². The maximum absolute atomic E-state index is 13.7. The third-order valence-electron chi connectivity index (χ3n) is 3.92. The Morgan fingerprint density at radius 2 is 2.00 bits per heavy atom. The molecule has 0 aromatic heterocycles. The molecule has 0 bridgehead atoms. The summed E-state index contributed by atoms with van der Waals surface area (Å²) in [4.78, 5) is 12.5. The highest BCUT2D eigenvalue weighted by molar-refractivity contribution is 7.92. The Bertz CT molecular complexity index is 950. The van der Waals surface area contributed by atoms with Crippen molar-refractivity contribution >= 4 is 27.3 Å². The number of ether oxygens (including phenoxy) is 1. The van der Waals surface area contributed by atoms with E-state index in [1.807, 2.05) is 0 Å². The van der Waals surface area contributed by atoms with Gasteiger partial charge in [0, 0.05) is 6.07 Å². The van der Waals surface area contributed by atoms with Crippen LogP contribution in [0.1, 0.15) is 6.92 Å². The van der Waals surface area contributed by atoms with Crippen LogP contribution in [0.4, 0.5) is 20.2 Å². The molecule has 1 amide bonds. The van der Waals surface area contributed by atoms with Gasteiger partial charge in [-0.05, 0) is 31.2 Å². The summed E-state index contributed by atoms with van der Waals surface area (Å²) in [6.45, 7) is 1.25. The normalized spacial score (nSPS) is 16.6. The summed E-state index contributed by atoms with van der Waals surface area (Å²) < 4.78 is 58.1. The van der Waals surface area contributed by atoms with Crippen molar-refractivity contribution in [3.8, 4) is 5.75 Å². The third kappa shape index (κ3) is 3.48. The van der Waals surface area contributed by atoms with Crippen LogP contribution in [0.5, 0.6) is 5.75 Å². The molecular formula is C17H16F2N2O4S. The lowest BCUT2D eigenvalue weighted by Crippen LogP contribution is -2.49. The Balaban J connectivity index is 1.88. The zero-order chi connectivity index (χ0) is 18.9. The number of rotatable bonds is 4. The summed E-state index contributed by atoms with van der Waals surface area (Å²) in [5, 5.41) is 2.30. The second kappa shape index (κ2) is 6.91. The molecule has 0 aliphatic carbocycles. The average Bonchev–Trinajstić information content (AvgIpc) is 2.63. The van der Waals surface area contributed by atoms with Crippen LogP contribution in [-0.2, 0) is 14.8 Å². The molecule has 1 heterocycles. The maximum Gasteiger partial charge on any atom is 0.267 e. The van der Waals surface area contributed by atoms with E-state index in [-0.39, 0.29) is 23.7 Å². The third-order valence-corrected chi connectivity index (χ3v) is 5.66. The van der Waals surface area contributed by atoms with Gasteiger partial charge in [-0.3, -0.25) is 9.10 Å². The van der Waals surface area contributed by atoms with Crippen molar-refractivity contribution in [1.82, 2.24) is 0 Å². The van der Waals surface area contributed by atoms with Gasteiger partial charge in [-0.1, -0.05) is 12.1 Å². The number of amides is 1. The number of anilines is 2. The standard InChI is InChI=1S/C17H16F2N2O4S/c1-2-26(23,24)21-10-16(25-15-6-4-3-5-14(15)21)17(22)20-13-8-7-11(18)9-12(13)19/h3-9,16H,2,10H2,1H3,(H,20,22). The fourth-order valence-corrected chi connectivity index (χ4v) is 3.69. The fourth-order valence-electron chi connectivity index (χ4n) is 2.56. The Labute approximate surface area is 149 Å². The van der Waals surface area contributed by atoms with Gasteiger partial charge < -0.3 is 10.1 Å². The fraction of sp³-hybridized carbons (Fsp3) is 0.235. The highest BCUT2D eigenvalue weighted by Gasteiger charge is 2.36. The number of nitrogens with zero attached hydrogens (tertiary/aromatic N) is 1. The summed E-state index contributed by atoms with van der Waals surface area (Å²) in [6, 6.07) is 9.16. The first-order valence-corrected chi connectivity index (χ1v) is 9.44. The molecule has 1 aliphatic heterocycles. The average molecular weight is 382 g/mol. The Kier molecular flexibility index (Phi) is 4.82. The van der Waals surface area contributed by atoms with Crippen molar-refractivity contribution in [2.45, 2.75) is 13.0 Å². The highest BCUT2D eigenvalue weighted by Crippen LogP contribution is 2.35. The van der Waals surface area contributed by atoms with Crippen LogP contribution in [0.2, 0.25) is 0 Å². The number of benzene rings is 2. The van der Waals surface area contributed by atoms with Crippen molar-refractivity contribution in [1.29, 1.82) is 0 Å². The molecule has 3 rings (SSSR count). The molecule has 138 valence electrons. The zero-order valence-corrected chi connectivity index (χ0v) is 14.6. The molecule has 0 fully saturated rings. The monoisotopic (exact) mass is 382 g/mol. The van der Waals surface area contributed by atoms with Crippen LogP contribution in [0.3, 0.4) is 0 Å². The molecule has 9 heteroatoms. The lowest BCUT2D eigenvalue weighted by molar-refractivity contribution is -0.122. The number of hydrogen-bond acceptors (Lipinski definition) is 4. The van der Waals surface area contributed by atoms with Gasteiger partial charge in [-0.25, -0.2) is 17.2 Å². The molecule has 1 unspecified atom stereocenters. The molecule has 26 heavy (non-hydrogen) atoms. The van der Waals surface area contributed by atoms with E-state index in [1.165, 1.54) is 6.92 Å². The number of fused-ring (bicyclic) bond motifs is 1. The van der Waals surface area contributed by atoms with Crippen molar-refractivity contribution in [2.24, 2.45) is 0 Å². The van der Waals surface area contributed by atoms with E-state index in [0.29, 0.717) is 11.8 Å². The van der Waals surface area contributed by atoms with Crippen molar-refractivity contribution in [3.05, 3.63) is 54.1 Å². The lowest BCUT2D eigenvalue weighted by atomic mass is 10.2. The molecule has 2 aromatic carbocycles. The Morgan fingerprint density at radius 3 is 2.69 bits per heavy atom. The molecule has 0 spiro atoms. The molecule has 1 N–H and O–H groups in total. The Morgan fingerprint density at radius 1 is 1.27 bits per heavy atom. The number of nitrogens with one attached hydrogen (secondary N) is 1. The quantitative estimate of drug-likeness (QED) is 0.882. The molecule has 0 saturated carbocycles. The van der Waals surface area contributed by atoms with Gasteiger partial charge in [-0.2, -0.15) is 0 Å². The van der Waals surface area contributed by atoms with Crippen LogP contribution in [0, 0.1) is 11.6 Å². The number of halogens is 2. The minimum Gasteiger partial charge on any atom is -0.476 e. The number of sulfonamides is 1. The summed E-state index contributed by atoms with van der Waals surface area (Å²) >= 11 is 0. The second-order valence-corrected chi connectivity index (χ2v) is 7.80. The Hall–Kier alpha value is -2.68. The van der Waals surface area contributed by atoms with Crippen LogP contribution >= 0.6 is 0 Å². The summed E-state index contributed by atoms with van der Waals surface area (Å²) in [7, 11) is -3.64. The van der Waals surface area contributed by atoms with E-state index in [4.69, 9.17) is 4.74 Å². The van der Waals surface area contributed by atoms with Gasteiger partial charge in [0.25, 0.3) is 5.91 Å². The summed E-state index contributed by atoms with van der Waals surface area (Å²) in [5.41, 5.74) is 0.120. The van der Waals surface area contributed by atoms with E-state index in [0.717, 1.165) is 16.4 Å². The topological polar surface area (TPSA) is 75.7 Å². The first kappa shape index (κ1) is 18.1. The van der Waals surface area contributed by atoms with Crippen molar-refractivity contribution < 1.29 is 26.7 Å². The lowest BCUT2D eigenvalue weighted by Gasteiger charge is -2.34. The van der Waals surface area contributed by atoms with Crippen LogP contribution < -0.4 is 14.4 Å². The minimum atomic E-state index is -3.64. The molecule has 2 aromatic rings. The molecule has 6 nitrogen and oxygen atoms in total. The number of para-hydroxylation sites is 2. The smallest absolute Gasteiger partial charge is 0.267 e. The van der Waals surface area contributed by atoms with E-state index in [1.54, 1.807) is 24.3 Å². The number of carbonyl (C=O) groups is 1. The van der Waals surface area contributed by atoms with Gasteiger partial charge in [0.2, 0.25) is 10.0 Å². The molecule has 0 saturated heterocycles. The van der Waals surface area contributed by atoms with Crippen molar-refractivity contribution in [2.75, 3.05) is 21.9 Å². The molecule has 1 aliphatic rings. The molecule has 0 radical (unpaired) electrons. The van der Waals surface area contributed by atoms with Crippen LogP contribution in [0.15, 0.2) is 42.5 Å². The number of hydrogen-bond donors (Lipinski definition) is 1. The van der Waals surface area contributed by atoms with Crippen LogP contribution in [0.25, 0.3) is 0 Å².